The number of rotatable bonds is 4. The Morgan fingerprint density at radius 1 is 1.80 bits per heavy atom. The third-order valence-corrected chi connectivity index (χ3v) is 2.42. The first kappa shape index (κ1) is 9.60. The van der Waals surface area contributed by atoms with Gasteiger partial charge in [-0.1, -0.05) is 18.0 Å². The molecule has 0 saturated carbocycles. The first-order chi connectivity index (χ1) is 4.72. The number of nitriles is 1. The Balaban J connectivity index is 3.63. The van der Waals surface area contributed by atoms with Crippen LogP contribution in [0, 0.1) is 11.3 Å². The molecule has 0 aliphatic carbocycles. The maximum atomic E-state index is 10.3. The Morgan fingerprint density at radius 3 is 2.70 bits per heavy atom. The molecule has 0 amide bonds. The molecule has 0 heterocycles. The molecule has 3 nitrogen and oxygen atoms in total. The Labute approximate surface area is 63.3 Å². The lowest BCUT2D eigenvalue weighted by atomic mass is 10.2. The van der Waals surface area contributed by atoms with Gasteiger partial charge in [0.15, 0.2) is 0 Å². The van der Waals surface area contributed by atoms with Crippen LogP contribution in [0.4, 0.5) is 0 Å². The Hall–Kier alpha value is -0.400. The molecular weight excluding hydrogens is 150 g/mol. The quantitative estimate of drug-likeness (QED) is 0.575. The highest BCUT2D eigenvalue weighted by Crippen LogP contribution is 2.06. The summed E-state index contributed by atoms with van der Waals surface area (Å²) in [6.45, 7) is 1.80. The van der Waals surface area contributed by atoms with Gasteiger partial charge in [-0.05, 0) is 12.8 Å². The summed E-state index contributed by atoms with van der Waals surface area (Å²) < 4.78 is 20.7. The molecule has 0 bridgehead atoms. The highest BCUT2D eigenvalue weighted by Gasteiger charge is 2.04. The van der Waals surface area contributed by atoms with Crippen LogP contribution in [-0.4, -0.2) is 14.0 Å². The van der Waals surface area contributed by atoms with E-state index in [1.165, 1.54) is 0 Å². The molecule has 4 heteroatoms. The van der Waals surface area contributed by atoms with Crippen LogP contribution in [0.2, 0.25) is 0 Å². The lowest BCUT2D eigenvalue weighted by Gasteiger charge is -2.15. The molecule has 0 spiro atoms. The van der Waals surface area contributed by atoms with E-state index in [0.29, 0.717) is 19.3 Å². The minimum atomic E-state index is -2.01. The van der Waals surface area contributed by atoms with Crippen molar-refractivity contribution in [3.8, 4) is 6.07 Å². The van der Waals surface area contributed by atoms with Crippen molar-refractivity contribution in [1.29, 1.82) is 5.26 Å². The molecule has 0 aliphatic heterocycles. The molecule has 0 rings (SSSR count). The smallest absolute Gasteiger partial charge is 0.0622 e. The first-order valence-corrected chi connectivity index (χ1v) is 4.31. The molecule has 0 fully saturated rings. The molecule has 0 aromatic rings. The van der Waals surface area contributed by atoms with E-state index in [0.717, 1.165) is 0 Å². The van der Waals surface area contributed by atoms with Crippen LogP contribution in [0.25, 0.3) is 0 Å². The van der Waals surface area contributed by atoms with Gasteiger partial charge >= 0.3 is 0 Å². The molecule has 0 aliphatic rings. The summed E-state index contributed by atoms with van der Waals surface area (Å²) in [7, 11) is 0. The fourth-order valence-electron chi connectivity index (χ4n) is 0.662. The van der Waals surface area contributed by atoms with Crippen molar-refractivity contribution < 1.29 is 8.76 Å². The van der Waals surface area contributed by atoms with Crippen LogP contribution < -0.4 is 0 Å². The summed E-state index contributed by atoms with van der Waals surface area (Å²) in [6, 6.07) is 1.91. The van der Waals surface area contributed by atoms with Crippen molar-refractivity contribution in [2.24, 2.45) is 0 Å². The minimum absolute atomic E-state index is 0.326. The van der Waals surface area contributed by atoms with E-state index in [9.17, 15) is 8.76 Å². The summed E-state index contributed by atoms with van der Waals surface area (Å²) in [6.07, 6.45) is 1.38. The van der Waals surface area contributed by atoms with Crippen LogP contribution in [0.1, 0.15) is 26.2 Å². The Morgan fingerprint density at radius 2 is 2.40 bits per heavy atom. The van der Waals surface area contributed by atoms with Gasteiger partial charge in [0.05, 0.1) is 6.07 Å². The molecule has 2 unspecified atom stereocenters. The van der Waals surface area contributed by atoms with Gasteiger partial charge in [-0.2, -0.15) is 5.26 Å². The van der Waals surface area contributed by atoms with Gasteiger partial charge in [-0.15, -0.1) is 0 Å². The van der Waals surface area contributed by atoms with Crippen LogP contribution in [-0.2, 0) is 11.1 Å². The average molecular weight is 160 g/mol. The van der Waals surface area contributed by atoms with Crippen molar-refractivity contribution in [2.45, 2.75) is 31.4 Å². The summed E-state index contributed by atoms with van der Waals surface area (Å²) in [5.74, 6) is 0. The predicted molar refractivity (Wildman–Crippen MR) is 37.8 cm³/mol. The van der Waals surface area contributed by atoms with E-state index >= 15 is 0 Å². The van der Waals surface area contributed by atoms with Gasteiger partial charge in [0.25, 0.3) is 0 Å². The SMILES string of the molecule is CCC(CCC#N)S(=O)[O-]. The largest absolute Gasteiger partial charge is 0.772 e. The molecular formula is C6H10NO2S-. The second-order valence-electron chi connectivity index (χ2n) is 1.99. The van der Waals surface area contributed by atoms with Crippen molar-refractivity contribution in [1.82, 2.24) is 0 Å². The lowest BCUT2D eigenvalue weighted by Crippen LogP contribution is -2.12. The monoisotopic (exact) mass is 160 g/mol. The van der Waals surface area contributed by atoms with E-state index < -0.39 is 11.1 Å². The molecule has 58 valence electrons. The Bertz CT molecular complexity index is 152. The highest BCUT2D eigenvalue weighted by atomic mass is 32.2. The number of hydrogen-bond donors (Lipinski definition) is 0. The van der Waals surface area contributed by atoms with Crippen molar-refractivity contribution in [3.05, 3.63) is 0 Å². The van der Waals surface area contributed by atoms with Gasteiger partial charge < -0.3 is 4.55 Å². The normalized spacial score (nSPS) is 15.7. The number of hydrogen-bond acceptors (Lipinski definition) is 3. The molecule has 2 atom stereocenters. The second kappa shape index (κ2) is 5.39. The maximum absolute atomic E-state index is 10.3. The van der Waals surface area contributed by atoms with Crippen molar-refractivity contribution >= 4 is 11.1 Å². The van der Waals surface area contributed by atoms with E-state index in [1.54, 1.807) is 6.92 Å². The molecule has 0 N–H and O–H groups in total. The molecule has 0 aromatic heterocycles. The summed E-state index contributed by atoms with van der Waals surface area (Å²) in [5, 5.41) is 7.81. The van der Waals surface area contributed by atoms with Crippen molar-refractivity contribution in [2.75, 3.05) is 0 Å². The van der Waals surface area contributed by atoms with E-state index in [1.807, 2.05) is 6.07 Å². The van der Waals surface area contributed by atoms with Gasteiger partial charge in [-0.25, -0.2) is 0 Å². The minimum Gasteiger partial charge on any atom is -0.772 e. The third kappa shape index (κ3) is 3.59. The van der Waals surface area contributed by atoms with E-state index in [2.05, 4.69) is 0 Å². The average Bonchev–Trinajstić information content (AvgIpc) is 1.89. The second-order valence-corrected chi connectivity index (χ2v) is 3.18. The van der Waals surface area contributed by atoms with Gasteiger partial charge in [0, 0.05) is 11.7 Å². The molecule has 0 aromatic carbocycles. The fourth-order valence-corrected chi connectivity index (χ4v) is 1.24. The summed E-state index contributed by atoms with van der Waals surface area (Å²) in [5.41, 5.74) is 0. The summed E-state index contributed by atoms with van der Waals surface area (Å²) >= 11 is -2.01. The van der Waals surface area contributed by atoms with E-state index in [4.69, 9.17) is 5.26 Å². The van der Waals surface area contributed by atoms with Crippen LogP contribution in [0.5, 0.6) is 0 Å². The van der Waals surface area contributed by atoms with Gasteiger partial charge in [0.2, 0.25) is 0 Å². The zero-order valence-corrected chi connectivity index (χ0v) is 6.69. The standard InChI is InChI=1S/C6H11NO2S/c1-2-6(10(8)9)4-3-5-7/h6H,2-4H2,1H3,(H,8,9)/p-1. The predicted octanol–water partition coefficient (Wildman–Crippen LogP) is 0.948. The maximum Gasteiger partial charge on any atom is 0.0622 e. The molecule has 0 saturated heterocycles. The first-order valence-electron chi connectivity index (χ1n) is 3.17. The van der Waals surface area contributed by atoms with Crippen LogP contribution >= 0.6 is 0 Å². The third-order valence-electron chi connectivity index (χ3n) is 1.31. The zero-order chi connectivity index (χ0) is 7.98. The van der Waals surface area contributed by atoms with E-state index in [-0.39, 0.29) is 5.25 Å². The van der Waals surface area contributed by atoms with Gasteiger partial charge in [-0.3, -0.25) is 4.21 Å². The molecule has 0 radical (unpaired) electrons. The topological polar surface area (TPSA) is 63.9 Å². The number of nitrogens with zero attached hydrogens (tertiary/aromatic N) is 1. The van der Waals surface area contributed by atoms with Gasteiger partial charge in [0.1, 0.15) is 0 Å². The summed E-state index contributed by atoms with van der Waals surface area (Å²) in [4.78, 5) is 0. The van der Waals surface area contributed by atoms with Crippen molar-refractivity contribution in [3.63, 3.8) is 0 Å². The fraction of sp³-hybridized carbons (Fsp3) is 0.833. The molecule has 10 heavy (non-hydrogen) atoms. The Kier molecular flexibility index (Phi) is 5.17. The zero-order valence-electron chi connectivity index (χ0n) is 5.87. The highest BCUT2D eigenvalue weighted by molar-refractivity contribution is 7.79. The lowest BCUT2D eigenvalue weighted by molar-refractivity contribution is 0.513. The van der Waals surface area contributed by atoms with Crippen LogP contribution in [0.3, 0.4) is 0 Å². The van der Waals surface area contributed by atoms with Crippen LogP contribution in [0.15, 0.2) is 0 Å².